The number of ether oxygens (including phenoxy) is 2. The van der Waals surface area contributed by atoms with Gasteiger partial charge in [0.15, 0.2) is 6.10 Å². The number of nitrogens with two attached hydrogens (primary N) is 1. The maximum atomic E-state index is 12.6. The minimum absolute atomic E-state index is 0.128. The highest BCUT2D eigenvalue weighted by molar-refractivity contribution is 7.47. The van der Waals surface area contributed by atoms with E-state index in [4.69, 9.17) is 24.8 Å². The first kappa shape index (κ1) is 54.9. The first-order valence-electron chi connectivity index (χ1n) is 22.0. The lowest BCUT2D eigenvalue weighted by Crippen LogP contribution is -2.34. The molecular weight excluding hydrogens is 757 g/mol. The maximum absolute atomic E-state index is 12.6. The molecule has 0 aromatic carbocycles. The van der Waals surface area contributed by atoms with E-state index in [0.29, 0.717) is 12.8 Å². The Hall–Kier alpha value is -3.08. The Morgan fingerprint density at radius 3 is 1.45 bits per heavy atom. The molecule has 0 radical (unpaired) electrons. The predicted molar refractivity (Wildman–Crippen MR) is 235 cm³/mol. The van der Waals surface area contributed by atoms with Crippen LogP contribution in [0.2, 0.25) is 0 Å². The van der Waals surface area contributed by atoms with Crippen LogP contribution in [0.3, 0.4) is 0 Å². The number of unbranched alkanes of at least 4 members (excludes halogenated alkanes) is 14. The molecule has 4 N–H and O–H groups in total. The van der Waals surface area contributed by atoms with Crippen molar-refractivity contribution in [3.8, 4) is 0 Å². The van der Waals surface area contributed by atoms with Gasteiger partial charge in [0.05, 0.1) is 13.2 Å². The van der Waals surface area contributed by atoms with E-state index < -0.39 is 51.1 Å². The van der Waals surface area contributed by atoms with Crippen LogP contribution in [0.25, 0.3) is 0 Å². The highest BCUT2D eigenvalue weighted by atomic mass is 31.2. The summed E-state index contributed by atoms with van der Waals surface area (Å²) in [5, 5.41) is 8.89. The summed E-state index contributed by atoms with van der Waals surface area (Å²) >= 11 is 0. The average molecular weight is 836 g/mol. The summed E-state index contributed by atoms with van der Waals surface area (Å²) < 4.78 is 32.7. The molecule has 11 nitrogen and oxygen atoms in total. The van der Waals surface area contributed by atoms with Crippen molar-refractivity contribution in [2.24, 2.45) is 5.73 Å². The third-order valence-corrected chi connectivity index (χ3v) is 9.89. The molecule has 0 aliphatic rings. The molecule has 58 heavy (non-hydrogen) atoms. The third kappa shape index (κ3) is 39.7. The number of carbonyl (C=O) groups excluding carboxylic acids is 2. The van der Waals surface area contributed by atoms with E-state index in [-0.39, 0.29) is 19.4 Å². The Morgan fingerprint density at radius 1 is 0.552 bits per heavy atom. The number of hydrogen-bond acceptors (Lipinski definition) is 9. The van der Waals surface area contributed by atoms with Gasteiger partial charge in [-0.15, -0.1) is 0 Å². The van der Waals surface area contributed by atoms with Crippen molar-refractivity contribution in [1.29, 1.82) is 0 Å². The van der Waals surface area contributed by atoms with Gasteiger partial charge in [0.25, 0.3) is 0 Å². The number of phosphoric ester groups is 1. The van der Waals surface area contributed by atoms with Crippen LogP contribution in [0.4, 0.5) is 0 Å². The summed E-state index contributed by atoms with van der Waals surface area (Å²) in [6.45, 7) is 2.62. The van der Waals surface area contributed by atoms with E-state index in [0.717, 1.165) is 89.9 Å². The summed E-state index contributed by atoms with van der Waals surface area (Å²) in [4.78, 5) is 46.0. The van der Waals surface area contributed by atoms with Crippen LogP contribution < -0.4 is 5.73 Å². The van der Waals surface area contributed by atoms with Crippen LogP contribution in [-0.2, 0) is 37.5 Å². The van der Waals surface area contributed by atoms with Gasteiger partial charge in [-0.05, 0) is 83.5 Å². The minimum Gasteiger partial charge on any atom is -0.480 e. The average Bonchev–Trinajstić information content (AvgIpc) is 3.20. The molecule has 0 fully saturated rings. The van der Waals surface area contributed by atoms with Crippen molar-refractivity contribution in [1.82, 2.24) is 0 Å². The fourth-order valence-corrected chi connectivity index (χ4v) is 6.27. The van der Waals surface area contributed by atoms with Crippen LogP contribution >= 0.6 is 7.82 Å². The molecule has 12 heteroatoms. The number of esters is 2. The standard InChI is InChI=1S/C46H78NO10P/c1-3-5-7-9-11-13-15-17-19-21-23-25-27-29-31-33-35-37-44(48)54-39-42(40-55-58(52,53)56-41-43(47)46(50)51)57-45(49)38-36-34-32-30-28-26-24-22-20-18-16-14-12-10-8-6-4-2/h6,8,11-14,17-20,24,26,42-43H,3-5,7,9-10,15-16,21-23,25,27-41,47H2,1-2H3,(H,50,51)(H,52,53)/b8-6-,13-11-,14-12-,19-17-,20-18-,26-24-/t42-,43+/m1/s1. The van der Waals surface area contributed by atoms with Gasteiger partial charge in [-0.1, -0.05) is 145 Å². The van der Waals surface area contributed by atoms with E-state index >= 15 is 0 Å². The Kier molecular flexibility index (Phi) is 38.5. The molecule has 0 bridgehead atoms. The van der Waals surface area contributed by atoms with Crippen molar-refractivity contribution in [3.05, 3.63) is 72.9 Å². The Morgan fingerprint density at radius 2 is 0.966 bits per heavy atom. The van der Waals surface area contributed by atoms with E-state index in [1.165, 1.54) is 38.5 Å². The number of carboxylic acids is 1. The molecule has 0 aliphatic carbocycles. The molecule has 0 saturated carbocycles. The van der Waals surface area contributed by atoms with Gasteiger partial charge in [0.2, 0.25) is 0 Å². The zero-order chi connectivity index (χ0) is 42.8. The highest BCUT2D eigenvalue weighted by Gasteiger charge is 2.28. The zero-order valence-corrected chi connectivity index (χ0v) is 36.8. The predicted octanol–water partition coefficient (Wildman–Crippen LogP) is 11.7. The maximum Gasteiger partial charge on any atom is 0.472 e. The fraction of sp³-hybridized carbons (Fsp3) is 0.674. The monoisotopic (exact) mass is 836 g/mol. The summed E-state index contributed by atoms with van der Waals surface area (Å²) in [6, 6.07) is -1.53. The zero-order valence-electron chi connectivity index (χ0n) is 35.9. The lowest BCUT2D eigenvalue weighted by atomic mass is 10.1. The Bertz CT molecular complexity index is 1260. The second-order valence-electron chi connectivity index (χ2n) is 14.4. The summed E-state index contributed by atoms with van der Waals surface area (Å²) in [6.07, 6.45) is 48.2. The molecule has 0 saturated heterocycles. The van der Waals surface area contributed by atoms with Crippen molar-refractivity contribution in [2.75, 3.05) is 19.8 Å². The molecule has 0 rings (SSSR count). The van der Waals surface area contributed by atoms with Gasteiger partial charge in [0, 0.05) is 12.8 Å². The van der Waals surface area contributed by atoms with Gasteiger partial charge in [-0.25, -0.2) is 4.57 Å². The van der Waals surface area contributed by atoms with Crippen LogP contribution in [0.1, 0.15) is 168 Å². The molecule has 0 amide bonds. The van der Waals surface area contributed by atoms with Crippen molar-refractivity contribution < 1.29 is 47.5 Å². The summed E-state index contributed by atoms with van der Waals surface area (Å²) in [7, 11) is -4.73. The summed E-state index contributed by atoms with van der Waals surface area (Å²) in [5.41, 5.74) is 5.33. The van der Waals surface area contributed by atoms with Crippen molar-refractivity contribution in [2.45, 2.75) is 180 Å². The largest absolute Gasteiger partial charge is 0.480 e. The number of phosphoric acid groups is 1. The number of hydrogen-bond donors (Lipinski definition) is 3. The van der Waals surface area contributed by atoms with Crippen LogP contribution in [0.5, 0.6) is 0 Å². The van der Waals surface area contributed by atoms with Gasteiger partial charge >= 0.3 is 25.7 Å². The molecule has 3 atom stereocenters. The topological polar surface area (TPSA) is 172 Å². The number of allylic oxidation sites excluding steroid dienone is 12. The molecule has 1 unspecified atom stereocenters. The quantitative estimate of drug-likeness (QED) is 0.0232. The first-order valence-corrected chi connectivity index (χ1v) is 23.5. The highest BCUT2D eigenvalue weighted by Crippen LogP contribution is 2.43. The number of aliphatic carboxylic acids is 1. The lowest BCUT2D eigenvalue weighted by molar-refractivity contribution is -0.161. The van der Waals surface area contributed by atoms with Crippen LogP contribution in [-0.4, -0.2) is 59.9 Å². The molecule has 0 spiro atoms. The molecular formula is C46H78NO10P. The SMILES string of the molecule is CC/C=C\C/C=C\C/C=C\C/C=C\CCCCCCC(=O)O[C@H](COC(=O)CCCCCCCCC/C=C\C/C=C\CCCCC)COP(=O)(O)OC[C@H](N)C(=O)O. The normalized spacial score (nSPS) is 14.4. The number of carbonyl (C=O) groups is 3. The van der Waals surface area contributed by atoms with E-state index in [2.05, 4.69) is 91.3 Å². The fourth-order valence-electron chi connectivity index (χ4n) is 5.50. The van der Waals surface area contributed by atoms with Gasteiger partial charge in [-0.3, -0.25) is 23.4 Å². The second-order valence-corrected chi connectivity index (χ2v) is 15.9. The smallest absolute Gasteiger partial charge is 0.472 e. The van der Waals surface area contributed by atoms with Gasteiger partial charge in [0.1, 0.15) is 12.6 Å². The van der Waals surface area contributed by atoms with Gasteiger partial charge < -0.3 is 25.2 Å². The Balaban J connectivity index is 4.43. The van der Waals surface area contributed by atoms with E-state index in [1.807, 2.05) is 0 Å². The third-order valence-electron chi connectivity index (χ3n) is 8.94. The molecule has 0 aliphatic heterocycles. The first-order chi connectivity index (χ1) is 28.1. The van der Waals surface area contributed by atoms with E-state index in [9.17, 15) is 23.8 Å². The molecule has 0 aromatic rings. The number of carboxylic acid groups (broad SMARTS) is 1. The minimum atomic E-state index is -4.73. The Labute approximate surface area is 350 Å². The number of rotatable bonds is 40. The summed E-state index contributed by atoms with van der Waals surface area (Å²) in [5.74, 6) is -2.43. The van der Waals surface area contributed by atoms with Crippen LogP contribution in [0.15, 0.2) is 72.9 Å². The molecule has 332 valence electrons. The van der Waals surface area contributed by atoms with Crippen molar-refractivity contribution in [3.63, 3.8) is 0 Å². The molecule has 0 aromatic heterocycles. The van der Waals surface area contributed by atoms with E-state index in [1.54, 1.807) is 0 Å². The molecule has 0 heterocycles. The second kappa shape index (κ2) is 40.7. The lowest BCUT2D eigenvalue weighted by Gasteiger charge is -2.20. The van der Waals surface area contributed by atoms with Gasteiger partial charge in [-0.2, -0.15) is 0 Å². The van der Waals surface area contributed by atoms with Crippen molar-refractivity contribution >= 4 is 25.7 Å². The van der Waals surface area contributed by atoms with Crippen LogP contribution in [0, 0.1) is 0 Å².